The average molecular weight is 319 g/mol. The summed E-state index contributed by atoms with van der Waals surface area (Å²) in [6.07, 6.45) is 0.188. The van der Waals surface area contributed by atoms with E-state index in [4.69, 9.17) is 16.3 Å². The molecule has 2 aromatic rings. The van der Waals surface area contributed by atoms with Crippen LogP contribution in [0.15, 0.2) is 48.5 Å². The Morgan fingerprint density at radius 2 is 1.86 bits per heavy atom. The van der Waals surface area contributed by atoms with E-state index in [-0.39, 0.29) is 6.10 Å². The zero-order valence-electron chi connectivity index (χ0n) is 13.1. The first-order valence-corrected chi connectivity index (χ1v) is 7.97. The normalized spacial score (nSPS) is 10.7. The first kappa shape index (κ1) is 16.7. The summed E-state index contributed by atoms with van der Waals surface area (Å²) in [6, 6.07) is 15.9. The van der Waals surface area contributed by atoms with Crippen LogP contribution in [0.5, 0.6) is 5.75 Å². The number of rotatable bonds is 8. The maximum absolute atomic E-state index is 6.12. The van der Waals surface area contributed by atoms with Gasteiger partial charge in [0, 0.05) is 36.4 Å². The van der Waals surface area contributed by atoms with Crippen LogP contribution < -0.4 is 15.4 Å². The van der Waals surface area contributed by atoms with Gasteiger partial charge >= 0.3 is 0 Å². The molecule has 0 unspecified atom stereocenters. The first-order chi connectivity index (χ1) is 10.6. The van der Waals surface area contributed by atoms with Crippen molar-refractivity contribution in [3.63, 3.8) is 0 Å². The second-order valence-electron chi connectivity index (χ2n) is 5.39. The average Bonchev–Trinajstić information content (AvgIpc) is 2.48. The van der Waals surface area contributed by atoms with E-state index >= 15 is 0 Å². The summed E-state index contributed by atoms with van der Waals surface area (Å²) in [6.45, 7) is 6.53. The summed E-state index contributed by atoms with van der Waals surface area (Å²) in [7, 11) is 0. The smallest absolute Gasteiger partial charge is 0.121 e. The van der Waals surface area contributed by atoms with Gasteiger partial charge in [-0.05, 0) is 37.6 Å². The molecular weight excluding hydrogens is 296 g/mol. The highest BCUT2D eigenvalue weighted by Gasteiger charge is 2.00. The van der Waals surface area contributed by atoms with Crippen LogP contribution in [0.3, 0.4) is 0 Å². The Kier molecular flexibility index (Phi) is 6.56. The van der Waals surface area contributed by atoms with Crippen LogP contribution in [0.4, 0.5) is 5.69 Å². The molecule has 0 fully saturated rings. The van der Waals surface area contributed by atoms with Gasteiger partial charge in [0.1, 0.15) is 5.75 Å². The van der Waals surface area contributed by atoms with Gasteiger partial charge in [-0.15, -0.1) is 0 Å². The van der Waals surface area contributed by atoms with E-state index in [9.17, 15) is 0 Å². The number of benzene rings is 2. The summed E-state index contributed by atoms with van der Waals surface area (Å²) in [4.78, 5) is 0. The molecule has 2 rings (SSSR count). The van der Waals surface area contributed by atoms with Crippen molar-refractivity contribution in [1.29, 1.82) is 0 Å². The Hall–Kier alpha value is -1.71. The van der Waals surface area contributed by atoms with Crippen LogP contribution in [0, 0.1) is 0 Å². The molecule has 0 aliphatic heterocycles. The highest BCUT2D eigenvalue weighted by atomic mass is 35.5. The molecule has 0 heterocycles. The molecule has 0 aromatic heterocycles. The van der Waals surface area contributed by atoms with Crippen LogP contribution in [-0.4, -0.2) is 19.2 Å². The standard InChI is InChI=1S/C18H23ClN2O/c1-14(2)22-17-8-5-7-16(12-17)21-11-10-20-13-15-6-3-4-9-18(15)19/h3-9,12,14,20-21H,10-11,13H2,1-2H3. The van der Waals surface area contributed by atoms with Gasteiger partial charge in [-0.2, -0.15) is 0 Å². The molecule has 0 aliphatic rings. The van der Waals surface area contributed by atoms with Crippen molar-refractivity contribution in [2.45, 2.75) is 26.5 Å². The molecule has 2 aromatic carbocycles. The molecule has 4 heteroatoms. The van der Waals surface area contributed by atoms with Gasteiger partial charge in [0.2, 0.25) is 0 Å². The Morgan fingerprint density at radius 3 is 2.64 bits per heavy atom. The maximum atomic E-state index is 6.12. The second kappa shape index (κ2) is 8.66. The van der Waals surface area contributed by atoms with Gasteiger partial charge in [-0.1, -0.05) is 35.9 Å². The molecular formula is C18H23ClN2O. The number of halogens is 1. The number of nitrogens with one attached hydrogen (secondary N) is 2. The third kappa shape index (κ3) is 5.58. The molecule has 22 heavy (non-hydrogen) atoms. The first-order valence-electron chi connectivity index (χ1n) is 7.60. The van der Waals surface area contributed by atoms with Gasteiger partial charge in [0.15, 0.2) is 0 Å². The van der Waals surface area contributed by atoms with Gasteiger partial charge in [-0.25, -0.2) is 0 Å². The lowest BCUT2D eigenvalue weighted by molar-refractivity contribution is 0.242. The summed E-state index contributed by atoms with van der Waals surface area (Å²) < 4.78 is 5.68. The number of anilines is 1. The summed E-state index contributed by atoms with van der Waals surface area (Å²) in [5.74, 6) is 0.893. The van der Waals surface area contributed by atoms with Crippen LogP contribution in [-0.2, 0) is 6.54 Å². The van der Waals surface area contributed by atoms with Crippen molar-refractivity contribution in [2.75, 3.05) is 18.4 Å². The number of hydrogen-bond donors (Lipinski definition) is 2. The fourth-order valence-corrected chi connectivity index (χ4v) is 2.31. The van der Waals surface area contributed by atoms with E-state index in [1.807, 2.05) is 62.4 Å². The largest absolute Gasteiger partial charge is 0.491 e. The predicted octanol–water partition coefficient (Wildman–Crippen LogP) is 4.33. The Labute approximate surface area is 137 Å². The fourth-order valence-electron chi connectivity index (χ4n) is 2.11. The third-order valence-electron chi connectivity index (χ3n) is 3.11. The van der Waals surface area contributed by atoms with Gasteiger partial charge < -0.3 is 15.4 Å². The third-order valence-corrected chi connectivity index (χ3v) is 3.48. The van der Waals surface area contributed by atoms with Crippen LogP contribution in [0.2, 0.25) is 5.02 Å². The van der Waals surface area contributed by atoms with Crippen LogP contribution in [0.25, 0.3) is 0 Å². The second-order valence-corrected chi connectivity index (χ2v) is 5.80. The van der Waals surface area contributed by atoms with Gasteiger partial charge in [0.05, 0.1) is 6.10 Å². The lowest BCUT2D eigenvalue weighted by Gasteiger charge is -2.12. The van der Waals surface area contributed by atoms with Crippen molar-refractivity contribution < 1.29 is 4.74 Å². The highest BCUT2D eigenvalue weighted by molar-refractivity contribution is 6.31. The summed E-state index contributed by atoms with van der Waals surface area (Å²) in [5.41, 5.74) is 2.19. The van der Waals surface area contributed by atoms with E-state index in [0.717, 1.165) is 41.7 Å². The minimum atomic E-state index is 0.188. The summed E-state index contributed by atoms with van der Waals surface area (Å²) >= 11 is 6.12. The van der Waals surface area contributed by atoms with E-state index < -0.39 is 0 Å². The van der Waals surface area contributed by atoms with Gasteiger partial charge in [0.25, 0.3) is 0 Å². The molecule has 0 bridgehead atoms. The number of hydrogen-bond acceptors (Lipinski definition) is 3. The van der Waals surface area contributed by atoms with Gasteiger partial charge in [-0.3, -0.25) is 0 Å². The predicted molar refractivity (Wildman–Crippen MR) is 93.9 cm³/mol. The molecule has 0 aliphatic carbocycles. The molecule has 2 N–H and O–H groups in total. The molecule has 0 spiro atoms. The topological polar surface area (TPSA) is 33.3 Å². The van der Waals surface area contributed by atoms with Crippen molar-refractivity contribution in [2.24, 2.45) is 0 Å². The molecule has 118 valence electrons. The monoisotopic (exact) mass is 318 g/mol. The lowest BCUT2D eigenvalue weighted by Crippen LogP contribution is -2.21. The minimum absolute atomic E-state index is 0.188. The fraction of sp³-hybridized carbons (Fsp3) is 0.333. The van der Waals surface area contributed by atoms with E-state index in [1.165, 1.54) is 0 Å². The molecule has 3 nitrogen and oxygen atoms in total. The molecule has 0 saturated heterocycles. The van der Waals surface area contributed by atoms with E-state index in [0.29, 0.717) is 0 Å². The SMILES string of the molecule is CC(C)Oc1cccc(NCCNCc2ccccc2Cl)c1. The maximum Gasteiger partial charge on any atom is 0.121 e. The van der Waals surface area contributed by atoms with Crippen molar-refractivity contribution in [1.82, 2.24) is 5.32 Å². The molecule has 0 atom stereocenters. The zero-order chi connectivity index (χ0) is 15.8. The van der Waals surface area contributed by atoms with Crippen molar-refractivity contribution >= 4 is 17.3 Å². The van der Waals surface area contributed by atoms with E-state index in [1.54, 1.807) is 0 Å². The van der Waals surface area contributed by atoms with Crippen LogP contribution >= 0.6 is 11.6 Å². The molecule has 0 radical (unpaired) electrons. The summed E-state index contributed by atoms with van der Waals surface area (Å²) in [5, 5.41) is 7.57. The lowest BCUT2D eigenvalue weighted by atomic mass is 10.2. The number of ether oxygens (including phenoxy) is 1. The zero-order valence-corrected chi connectivity index (χ0v) is 13.9. The Balaban J connectivity index is 1.71. The molecule has 0 amide bonds. The van der Waals surface area contributed by atoms with Crippen molar-refractivity contribution in [3.8, 4) is 5.75 Å². The van der Waals surface area contributed by atoms with Crippen LogP contribution in [0.1, 0.15) is 19.4 Å². The Bertz CT molecular complexity index is 587. The van der Waals surface area contributed by atoms with Crippen molar-refractivity contribution in [3.05, 3.63) is 59.1 Å². The minimum Gasteiger partial charge on any atom is -0.491 e. The van der Waals surface area contributed by atoms with E-state index in [2.05, 4.69) is 10.6 Å². The highest BCUT2D eigenvalue weighted by Crippen LogP contribution is 2.18. The quantitative estimate of drug-likeness (QED) is 0.711. The Morgan fingerprint density at radius 1 is 1.05 bits per heavy atom. The molecule has 0 saturated carbocycles.